The highest BCUT2D eigenvalue weighted by Gasteiger charge is 2.04. The van der Waals surface area contributed by atoms with Crippen molar-refractivity contribution >= 4 is 29.5 Å². The van der Waals surface area contributed by atoms with Crippen molar-refractivity contribution in [2.24, 2.45) is 5.16 Å². The molecule has 124 valence electrons. The van der Waals surface area contributed by atoms with E-state index >= 15 is 0 Å². The van der Waals surface area contributed by atoms with E-state index in [4.69, 9.17) is 21.2 Å². The van der Waals surface area contributed by atoms with Crippen LogP contribution in [0.25, 0.3) is 0 Å². The molecule has 0 aliphatic rings. The Morgan fingerprint density at radius 1 is 1.17 bits per heavy atom. The molecule has 0 atom stereocenters. The van der Waals surface area contributed by atoms with E-state index in [2.05, 4.69) is 5.16 Å². The SMILES string of the molecule is O=C(C/C=N/OCc1ccc([N+](=O)[O-])cc1)Oc1ccc(Cl)cc1. The molecule has 0 unspecified atom stereocenters. The Balaban J connectivity index is 1.71. The molecule has 0 fully saturated rings. The van der Waals surface area contributed by atoms with Crippen LogP contribution in [0.15, 0.2) is 53.7 Å². The monoisotopic (exact) mass is 348 g/mol. The first-order valence-corrected chi connectivity index (χ1v) is 7.26. The van der Waals surface area contributed by atoms with Crippen molar-refractivity contribution in [2.75, 3.05) is 0 Å². The summed E-state index contributed by atoms with van der Waals surface area (Å²) in [7, 11) is 0. The van der Waals surface area contributed by atoms with Gasteiger partial charge < -0.3 is 9.57 Å². The van der Waals surface area contributed by atoms with Gasteiger partial charge in [0.15, 0.2) is 0 Å². The molecule has 0 heterocycles. The van der Waals surface area contributed by atoms with Gasteiger partial charge in [-0.05, 0) is 42.0 Å². The van der Waals surface area contributed by atoms with E-state index < -0.39 is 10.9 Å². The zero-order valence-corrected chi connectivity index (χ0v) is 13.2. The lowest BCUT2D eigenvalue weighted by Crippen LogP contribution is -2.08. The maximum absolute atomic E-state index is 11.6. The number of carbonyl (C=O) groups excluding carboxylic acids is 1. The van der Waals surface area contributed by atoms with E-state index in [1.807, 2.05) is 0 Å². The fourth-order valence-corrected chi connectivity index (χ4v) is 1.79. The molecule has 0 bridgehead atoms. The van der Waals surface area contributed by atoms with E-state index in [1.165, 1.54) is 18.3 Å². The predicted molar refractivity (Wildman–Crippen MR) is 88.1 cm³/mol. The Hall–Kier alpha value is -2.93. The van der Waals surface area contributed by atoms with Gasteiger partial charge in [0, 0.05) is 17.2 Å². The Bertz CT molecular complexity index is 729. The lowest BCUT2D eigenvalue weighted by atomic mass is 10.2. The summed E-state index contributed by atoms with van der Waals surface area (Å²) in [6.07, 6.45) is 1.23. The second kappa shape index (κ2) is 8.64. The zero-order chi connectivity index (χ0) is 17.4. The van der Waals surface area contributed by atoms with Gasteiger partial charge in [-0.1, -0.05) is 16.8 Å². The van der Waals surface area contributed by atoms with Crippen molar-refractivity contribution in [3.63, 3.8) is 0 Å². The number of nitro groups is 1. The van der Waals surface area contributed by atoms with Crippen molar-refractivity contribution in [3.05, 3.63) is 69.2 Å². The van der Waals surface area contributed by atoms with E-state index in [1.54, 1.807) is 36.4 Å². The molecule has 0 saturated heterocycles. The molecule has 0 aliphatic carbocycles. The Kier molecular flexibility index (Phi) is 6.27. The summed E-state index contributed by atoms with van der Waals surface area (Å²) < 4.78 is 5.06. The molecular weight excluding hydrogens is 336 g/mol. The summed E-state index contributed by atoms with van der Waals surface area (Å²) in [5.74, 6) is -0.0930. The number of nitrogens with zero attached hydrogens (tertiary/aromatic N) is 2. The van der Waals surface area contributed by atoms with Crippen LogP contribution in [0.5, 0.6) is 5.75 Å². The molecule has 0 saturated carbocycles. The van der Waals surface area contributed by atoms with Crippen LogP contribution in [-0.4, -0.2) is 17.1 Å². The number of esters is 1. The smallest absolute Gasteiger partial charge is 0.316 e. The average Bonchev–Trinajstić information content (AvgIpc) is 2.57. The Morgan fingerprint density at radius 2 is 1.83 bits per heavy atom. The van der Waals surface area contributed by atoms with Crippen molar-refractivity contribution in [3.8, 4) is 5.75 Å². The molecule has 0 radical (unpaired) electrons. The van der Waals surface area contributed by atoms with Gasteiger partial charge >= 0.3 is 5.97 Å². The minimum Gasteiger partial charge on any atom is -0.426 e. The molecular formula is C16H13ClN2O5. The summed E-state index contributed by atoms with van der Waals surface area (Å²) in [5.41, 5.74) is 0.730. The molecule has 7 nitrogen and oxygen atoms in total. The summed E-state index contributed by atoms with van der Waals surface area (Å²) in [6.45, 7) is 0.140. The van der Waals surface area contributed by atoms with E-state index in [0.717, 1.165) is 5.56 Å². The quantitative estimate of drug-likeness (QED) is 0.250. The van der Waals surface area contributed by atoms with Gasteiger partial charge in [0.1, 0.15) is 12.4 Å². The third kappa shape index (κ3) is 5.69. The number of halogens is 1. The maximum Gasteiger partial charge on any atom is 0.316 e. The normalized spacial score (nSPS) is 10.5. The molecule has 0 aliphatic heterocycles. The number of nitro benzene ring substituents is 1. The second-order valence-electron chi connectivity index (χ2n) is 4.62. The van der Waals surface area contributed by atoms with E-state index in [0.29, 0.717) is 10.8 Å². The lowest BCUT2D eigenvalue weighted by Gasteiger charge is -2.02. The minimum absolute atomic E-state index is 0.00666. The maximum atomic E-state index is 11.6. The van der Waals surface area contributed by atoms with Crippen LogP contribution in [0.2, 0.25) is 5.02 Å². The largest absolute Gasteiger partial charge is 0.426 e. The Morgan fingerprint density at radius 3 is 2.46 bits per heavy atom. The standard InChI is InChI=1S/C16H13ClN2O5/c17-13-3-7-15(8-4-13)24-16(20)9-10-18-23-11-12-1-5-14(6-2-12)19(21)22/h1-8,10H,9,11H2/b18-10+. The van der Waals surface area contributed by atoms with E-state index in [-0.39, 0.29) is 18.7 Å². The summed E-state index contributed by atoms with van der Waals surface area (Å²) >= 11 is 5.73. The molecule has 8 heteroatoms. The number of benzene rings is 2. The fourth-order valence-electron chi connectivity index (χ4n) is 1.67. The highest BCUT2D eigenvalue weighted by molar-refractivity contribution is 6.30. The number of rotatable bonds is 7. The molecule has 0 N–H and O–H groups in total. The van der Waals surface area contributed by atoms with Crippen LogP contribution in [0.4, 0.5) is 5.69 Å². The first kappa shape index (κ1) is 17.4. The van der Waals surface area contributed by atoms with E-state index in [9.17, 15) is 14.9 Å². The van der Waals surface area contributed by atoms with Gasteiger partial charge in [0.05, 0.1) is 17.6 Å². The van der Waals surface area contributed by atoms with Crippen LogP contribution in [0, 0.1) is 10.1 Å². The highest BCUT2D eigenvalue weighted by Crippen LogP contribution is 2.16. The number of hydrogen-bond donors (Lipinski definition) is 0. The summed E-state index contributed by atoms with van der Waals surface area (Å²) in [4.78, 5) is 26.6. The fraction of sp³-hybridized carbons (Fsp3) is 0.125. The Labute approximate surface area is 142 Å². The third-order valence-electron chi connectivity index (χ3n) is 2.83. The minimum atomic E-state index is -0.486. The third-order valence-corrected chi connectivity index (χ3v) is 3.08. The molecule has 2 rings (SSSR count). The molecule has 0 amide bonds. The van der Waals surface area contributed by atoms with Crippen LogP contribution in [0.1, 0.15) is 12.0 Å². The second-order valence-corrected chi connectivity index (χ2v) is 5.05. The van der Waals surface area contributed by atoms with Gasteiger partial charge in [0.2, 0.25) is 0 Å². The lowest BCUT2D eigenvalue weighted by molar-refractivity contribution is -0.384. The van der Waals surface area contributed by atoms with Gasteiger partial charge in [-0.25, -0.2) is 0 Å². The topological polar surface area (TPSA) is 91.0 Å². The van der Waals surface area contributed by atoms with Crippen molar-refractivity contribution in [2.45, 2.75) is 13.0 Å². The summed E-state index contributed by atoms with van der Waals surface area (Å²) in [6, 6.07) is 12.3. The van der Waals surface area contributed by atoms with Crippen molar-refractivity contribution in [1.29, 1.82) is 0 Å². The van der Waals surface area contributed by atoms with Gasteiger partial charge in [0.25, 0.3) is 5.69 Å². The molecule has 0 spiro atoms. The molecule has 24 heavy (non-hydrogen) atoms. The average molecular weight is 349 g/mol. The van der Waals surface area contributed by atoms with Crippen LogP contribution < -0.4 is 4.74 Å². The van der Waals surface area contributed by atoms with Crippen molar-refractivity contribution < 1.29 is 19.3 Å². The van der Waals surface area contributed by atoms with Gasteiger partial charge in [-0.3, -0.25) is 14.9 Å². The number of ether oxygens (including phenoxy) is 1. The molecule has 2 aromatic rings. The number of carbonyl (C=O) groups is 1. The highest BCUT2D eigenvalue weighted by atomic mass is 35.5. The molecule has 0 aromatic heterocycles. The first-order chi connectivity index (χ1) is 11.5. The van der Waals surface area contributed by atoms with Crippen LogP contribution in [-0.2, 0) is 16.2 Å². The van der Waals surface area contributed by atoms with Gasteiger partial charge in [-0.15, -0.1) is 0 Å². The van der Waals surface area contributed by atoms with Crippen molar-refractivity contribution in [1.82, 2.24) is 0 Å². The summed E-state index contributed by atoms with van der Waals surface area (Å²) in [5, 5.41) is 14.7. The number of oxime groups is 1. The zero-order valence-electron chi connectivity index (χ0n) is 12.4. The van der Waals surface area contributed by atoms with Crippen LogP contribution in [0.3, 0.4) is 0 Å². The van der Waals surface area contributed by atoms with Crippen LogP contribution >= 0.6 is 11.6 Å². The predicted octanol–water partition coefficient (Wildman–Crippen LogP) is 3.75. The first-order valence-electron chi connectivity index (χ1n) is 6.88. The molecule has 2 aromatic carbocycles. The van der Waals surface area contributed by atoms with Gasteiger partial charge in [-0.2, -0.15) is 0 Å². The number of hydrogen-bond acceptors (Lipinski definition) is 6. The number of non-ortho nitro benzene ring substituents is 1.